The average molecular weight is 420 g/mol. The summed E-state index contributed by atoms with van der Waals surface area (Å²) in [5, 5.41) is 2.97. The molecular weight excluding hydrogens is 393 g/mol. The van der Waals surface area contributed by atoms with Gasteiger partial charge in [-0.3, -0.25) is 9.69 Å². The van der Waals surface area contributed by atoms with Crippen molar-refractivity contribution in [3.05, 3.63) is 58.9 Å². The minimum absolute atomic E-state index is 0.134. The van der Waals surface area contributed by atoms with Crippen LogP contribution in [0.1, 0.15) is 16.7 Å². The van der Waals surface area contributed by atoms with Crippen LogP contribution in [0.4, 0.5) is 10.1 Å². The third-order valence-corrected chi connectivity index (χ3v) is 7.03. The van der Waals surface area contributed by atoms with E-state index in [9.17, 15) is 17.6 Å². The maximum absolute atomic E-state index is 13.9. The Bertz CT molecular complexity index is 993. The summed E-state index contributed by atoms with van der Waals surface area (Å²) in [7, 11) is -3.88. The van der Waals surface area contributed by atoms with Gasteiger partial charge in [0.15, 0.2) is 0 Å². The summed E-state index contributed by atoms with van der Waals surface area (Å²) in [5.41, 5.74) is 3.99. The number of sulfonamides is 1. The zero-order valence-corrected chi connectivity index (χ0v) is 17.7. The third kappa shape index (κ3) is 4.83. The lowest BCUT2D eigenvalue weighted by molar-refractivity contribution is -0.117. The van der Waals surface area contributed by atoms with Crippen LogP contribution < -0.4 is 5.32 Å². The Labute approximate surface area is 171 Å². The fourth-order valence-corrected chi connectivity index (χ4v) is 5.17. The molecule has 1 fully saturated rings. The van der Waals surface area contributed by atoms with Crippen molar-refractivity contribution in [3.8, 4) is 0 Å². The van der Waals surface area contributed by atoms with Crippen LogP contribution in [0.3, 0.4) is 0 Å². The van der Waals surface area contributed by atoms with Crippen molar-refractivity contribution in [1.29, 1.82) is 0 Å². The van der Waals surface area contributed by atoms with Crippen molar-refractivity contribution < 1.29 is 17.6 Å². The van der Waals surface area contributed by atoms with Crippen LogP contribution in [0, 0.1) is 26.6 Å². The van der Waals surface area contributed by atoms with Gasteiger partial charge in [0, 0.05) is 31.9 Å². The number of anilines is 1. The van der Waals surface area contributed by atoms with Crippen LogP contribution in [0.15, 0.2) is 41.3 Å². The third-order valence-electron chi connectivity index (χ3n) is 5.09. The molecule has 0 unspecified atom stereocenters. The van der Waals surface area contributed by atoms with Crippen molar-refractivity contribution >= 4 is 21.6 Å². The quantitative estimate of drug-likeness (QED) is 0.809. The highest BCUT2D eigenvalue weighted by atomic mass is 32.2. The molecule has 156 valence electrons. The lowest BCUT2D eigenvalue weighted by Crippen LogP contribution is -2.50. The second-order valence-corrected chi connectivity index (χ2v) is 9.34. The number of carbonyl (C=O) groups excluding carboxylic acids is 1. The molecule has 1 N–H and O–H groups in total. The van der Waals surface area contributed by atoms with Gasteiger partial charge < -0.3 is 5.32 Å². The first-order chi connectivity index (χ1) is 13.7. The maximum Gasteiger partial charge on any atom is 0.246 e. The predicted octanol–water partition coefficient (Wildman–Crippen LogP) is 2.70. The van der Waals surface area contributed by atoms with Gasteiger partial charge in [-0.25, -0.2) is 12.8 Å². The smallest absolute Gasteiger partial charge is 0.246 e. The van der Waals surface area contributed by atoms with E-state index in [1.54, 1.807) is 0 Å². The molecule has 6 nitrogen and oxygen atoms in total. The monoisotopic (exact) mass is 419 g/mol. The van der Waals surface area contributed by atoms with E-state index in [1.807, 2.05) is 37.8 Å². The molecule has 1 amide bonds. The highest BCUT2D eigenvalue weighted by Gasteiger charge is 2.30. The van der Waals surface area contributed by atoms with Crippen LogP contribution in [0.25, 0.3) is 0 Å². The van der Waals surface area contributed by atoms with Crippen molar-refractivity contribution in [2.75, 3.05) is 38.0 Å². The largest absolute Gasteiger partial charge is 0.324 e. The van der Waals surface area contributed by atoms with Crippen LogP contribution in [-0.4, -0.2) is 56.3 Å². The number of halogens is 1. The molecule has 0 aromatic heterocycles. The Balaban J connectivity index is 1.59. The molecule has 3 rings (SSSR count). The summed E-state index contributed by atoms with van der Waals surface area (Å²) < 4.78 is 40.5. The van der Waals surface area contributed by atoms with E-state index in [2.05, 4.69) is 5.32 Å². The van der Waals surface area contributed by atoms with Gasteiger partial charge in [0.2, 0.25) is 15.9 Å². The molecule has 1 heterocycles. The van der Waals surface area contributed by atoms with E-state index in [1.165, 1.54) is 22.5 Å². The van der Waals surface area contributed by atoms with Crippen LogP contribution in [0.2, 0.25) is 0 Å². The number of amides is 1. The zero-order chi connectivity index (χ0) is 21.2. The zero-order valence-electron chi connectivity index (χ0n) is 16.9. The van der Waals surface area contributed by atoms with E-state index < -0.39 is 15.8 Å². The summed E-state index contributed by atoms with van der Waals surface area (Å²) in [6, 6.07) is 9.43. The SMILES string of the molecule is Cc1cc(C)c(NC(=O)CN2CCN(S(=O)(=O)c3ccccc3F)CC2)c(C)c1. The fraction of sp³-hybridized carbons (Fsp3) is 0.381. The van der Waals surface area contributed by atoms with Gasteiger partial charge in [-0.15, -0.1) is 0 Å². The maximum atomic E-state index is 13.9. The molecule has 1 saturated heterocycles. The molecule has 29 heavy (non-hydrogen) atoms. The van der Waals surface area contributed by atoms with E-state index >= 15 is 0 Å². The summed E-state index contributed by atoms with van der Waals surface area (Å²) in [6.07, 6.45) is 0. The second-order valence-electron chi connectivity index (χ2n) is 7.43. The molecule has 0 spiro atoms. The number of hydrogen-bond acceptors (Lipinski definition) is 4. The van der Waals surface area contributed by atoms with Crippen LogP contribution in [0.5, 0.6) is 0 Å². The van der Waals surface area contributed by atoms with Crippen LogP contribution in [-0.2, 0) is 14.8 Å². The van der Waals surface area contributed by atoms with Crippen molar-refractivity contribution in [3.63, 3.8) is 0 Å². The molecule has 0 aliphatic carbocycles. The molecule has 1 aliphatic rings. The van der Waals surface area contributed by atoms with Gasteiger partial charge in [-0.2, -0.15) is 4.31 Å². The topological polar surface area (TPSA) is 69.7 Å². The molecule has 0 atom stereocenters. The minimum atomic E-state index is -3.88. The van der Waals surface area contributed by atoms with E-state index in [0.29, 0.717) is 13.1 Å². The Morgan fingerprint density at radius 3 is 2.21 bits per heavy atom. The average Bonchev–Trinajstić information content (AvgIpc) is 2.65. The van der Waals surface area contributed by atoms with Gasteiger partial charge in [0.1, 0.15) is 10.7 Å². The van der Waals surface area contributed by atoms with Gasteiger partial charge in [-0.05, 0) is 44.0 Å². The Morgan fingerprint density at radius 1 is 1.03 bits per heavy atom. The molecule has 2 aromatic carbocycles. The number of aryl methyl sites for hydroxylation is 3. The molecule has 0 bridgehead atoms. The Kier molecular flexibility index (Phi) is 6.36. The van der Waals surface area contributed by atoms with Gasteiger partial charge in [-0.1, -0.05) is 29.8 Å². The standard InChI is InChI=1S/C21H26FN3O3S/c1-15-12-16(2)21(17(3)13-15)23-20(26)14-24-8-10-25(11-9-24)29(27,28)19-7-5-4-6-18(19)22/h4-7,12-13H,8-11,14H2,1-3H3,(H,23,26). The van der Waals surface area contributed by atoms with Gasteiger partial charge >= 0.3 is 0 Å². The number of carbonyl (C=O) groups is 1. The number of benzene rings is 2. The second kappa shape index (κ2) is 8.61. The minimum Gasteiger partial charge on any atom is -0.324 e. The lowest BCUT2D eigenvalue weighted by atomic mass is 10.1. The first-order valence-corrected chi connectivity index (χ1v) is 11.0. The number of nitrogens with one attached hydrogen (secondary N) is 1. The number of piperazine rings is 1. The van der Waals surface area contributed by atoms with E-state index in [-0.39, 0.29) is 30.4 Å². The summed E-state index contributed by atoms with van der Waals surface area (Å²) in [6.45, 7) is 7.36. The molecule has 0 radical (unpaired) electrons. The Hall–Kier alpha value is -2.29. The lowest BCUT2D eigenvalue weighted by Gasteiger charge is -2.33. The van der Waals surface area contributed by atoms with Gasteiger partial charge in [0.25, 0.3) is 0 Å². The van der Waals surface area contributed by atoms with Gasteiger partial charge in [0.05, 0.1) is 6.54 Å². The van der Waals surface area contributed by atoms with E-state index in [4.69, 9.17) is 0 Å². The molecule has 0 saturated carbocycles. The fourth-order valence-electron chi connectivity index (χ4n) is 3.68. The molecular formula is C21H26FN3O3S. The summed E-state index contributed by atoms with van der Waals surface area (Å²) in [4.78, 5) is 14.1. The van der Waals surface area contributed by atoms with Crippen LogP contribution >= 0.6 is 0 Å². The van der Waals surface area contributed by atoms with E-state index in [0.717, 1.165) is 28.4 Å². The number of hydrogen-bond donors (Lipinski definition) is 1. The first-order valence-electron chi connectivity index (χ1n) is 9.53. The number of nitrogens with zero attached hydrogens (tertiary/aromatic N) is 2. The van der Waals surface area contributed by atoms with Crippen molar-refractivity contribution in [2.45, 2.75) is 25.7 Å². The predicted molar refractivity (Wildman–Crippen MR) is 111 cm³/mol. The summed E-state index contributed by atoms with van der Waals surface area (Å²) >= 11 is 0. The molecule has 1 aliphatic heterocycles. The van der Waals surface area contributed by atoms with Crippen molar-refractivity contribution in [1.82, 2.24) is 9.21 Å². The molecule has 8 heteroatoms. The highest BCUT2D eigenvalue weighted by molar-refractivity contribution is 7.89. The first kappa shape index (κ1) is 21.4. The Morgan fingerprint density at radius 2 is 1.62 bits per heavy atom. The highest BCUT2D eigenvalue weighted by Crippen LogP contribution is 2.23. The molecule has 2 aromatic rings. The normalized spacial score (nSPS) is 16.0. The number of rotatable bonds is 5. The van der Waals surface area contributed by atoms with Crippen molar-refractivity contribution in [2.24, 2.45) is 0 Å². The summed E-state index contributed by atoms with van der Waals surface area (Å²) in [5.74, 6) is -0.886.